The molecule has 218 valence electrons. The Labute approximate surface area is 247 Å². The van der Waals surface area contributed by atoms with Crippen molar-refractivity contribution in [2.45, 2.75) is 71.6 Å². The van der Waals surface area contributed by atoms with E-state index in [1.165, 1.54) is 22.9 Å². The second-order valence-electron chi connectivity index (χ2n) is 11.1. The monoisotopic (exact) mass is 576 g/mol. The lowest BCUT2D eigenvalue weighted by Crippen LogP contribution is -2.45. The van der Waals surface area contributed by atoms with Gasteiger partial charge in [0.1, 0.15) is 18.2 Å². The van der Waals surface area contributed by atoms with Gasteiger partial charge in [0.2, 0.25) is 5.91 Å². The van der Waals surface area contributed by atoms with Gasteiger partial charge in [-0.1, -0.05) is 83.9 Å². The van der Waals surface area contributed by atoms with Crippen LogP contribution in [0.4, 0.5) is 4.79 Å². The molecule has 41 heavy (non-hydrogen) atoms. The van der Waals surface area contributed by atoms with Crippen molar-refractivity contribution in [3.8, 4) is 0 Å². The van der Waals surface area contributed by atoms with Gasteiger partial charge >= 0.3 is 12.1 Å². The lowest BCUT2D eigenvalue weighted by Gasteiger charge is -2.23. The third kappa shape index (κ3) is 12.1. The third-order valence-corrected chi connectivity index (χ3v) is 7.13. The number of carbonyl (C=O) groups is 3. The Morgan fingerprint density at radius 1 is 0.780 bits per heavy atom. The third-order valence-electron chi connectivity index (χ3n) is 6.03. The lowest BCUT2D eigenvalue weighted by atomic mass is 10.1. The number of alkyl carbamates (subject to hydrolysis) is 1. The zero-order chi connectivity index (χ0) is 29.8. The molecule has 0 bridgehead atoms. The molecule has 2 amide bonds. The number of esters is 1. The number of benzene rings is 3. The van der Waals surface area contributed by atoms with Crippen molar-refractivity contribution >= 4 is 29.7 Å². The van der Waals surface area contributed by atoms with Crippen molar-refractivity contribution in [2.75, 3.05) is 5.75 Å². The van der Waals surface area contributed by atoms with Gasteiger partial charge in [0.15, 0.2) is 0 Å². The van der Waals surface area contributed by atoms with Gasteiger partial charge in [-0.25, -0.2) is 9.59 Å². The van der Waals surface area contributed by atoms with Crippen molar-refractivity contribution in [3.05, 3.63) is 106 Å². The number of ether oxygens (including phenoxy) is 2. The minimum atomic E-state index is -0.864. The maximum absolute atomic E-state index is 13.0. The normalized spacial score (nSPS) is 11.8. The second kappa shape index (κ2) is 15.3. The van der Waals surface area contributed by atoms with E-state index < -0.39 is 23.7 Å². The predicted molar refractivity (Wildman–Crippen MR) is 163 cm³/mol. The van der Waals surface area contributed by atoms with Crippen LogP contribution in [0.15, 0.2) is 72.8 Å². The molecule has 0 radical (unpaired) electrons. The number of aryl methyl sites for hydroxylation is 2. The van der Waals surface area contributed by atoms with Crippen LogP contribution in [0.3, 0.4) is 0 Å². The van der Waals surface area contributed by atoms with Crippen LogP contribution in [0.5, 0.6) is 0 Å². The van der Waals surface area contributed by atoms with E-state index in [1.807, 2.05) is 86.6 Å². The van der Waals surface area contributed by atoms with Gasteiger partial charge in [-0.3, -0.25) is 4.79 Å². The summed E-state index contributed by atoms with van der Waals surface area (Å²) in [5, 5.41) is 5.60. The molecule has 0 aliphatic carbocycles. The SMILES string of the molecule is Cc1ccc(CNC(=O)Cc2ccc(COC(=O)[C@H](CSCc3ccc(C)cc3)NC(=O)OC(C)(C)C)cc2)cc1. The van der Waals surface area contributed by atoms with Crippen molar-refractivity contribution in [1.82, 2.24) is 10.6 Å². The molecule has 3 aromatic carbocycles. The summed E-state index contributed by atoms with van der Waals surface area (Å²) in [5.74, 6) is 0.429. The quantitative estimate of drug-likeness (QED) is 0.256. The fraction of sp³-hybridized carbons (Fsp3) is 0.364. The fourth-order valence-electron chi connectivity index (χ4n) is 3.76. The van der Waals surface area contributed by atoms with Crippen LogP contribution in [-0.2, 0) is 44.4 Å². The van der Waals surface area contributed by atoms with Crippen LogP contribution < -0.4 is 10.6 Å². The van der Waals surface area contributed by atoms with E-state index in [0.29, 0.717) is 18.1 Å². The Bertz CT molecular complexity index is 1280. The van der Waals surface area contributed by atoms with E-state index in [-0.39, 0.29) is 18.9 Å². The van der Waals surface area contributed by atoms with Gasteiger partial charge < -0.3 is 20.1 Å². The molecular weight excluding hydrogens is 536 g/mol. The highest BCUT2D eigenvalue weighted by atomic mass is 32.2. The van der Waals surface area contributed by atoms with Gasteiger partial charge in [0.25, 0.3) is 0 Å². The summed E-state index contributed by atoms with van der Waals surface area (Å²) in [6, 6.07) is 22.7. The van der Waals surface area contributed by atoms with E-state index >= 15 is 0 Å². The first-order valence-electron chi connectivity index (χ1n) is 13.7. The van der Waals surface area contributed by atoms with Crippen molar-refractivity contribution in [2.24, 2.45) is 0 Å². The smallest absolute Gasteiger partial charge is 0.408 e. The largest absolute Gasteiger partial charge is 0.459 e. The summed E-state index contributed by atoms with van der Waals surface area (Å²) >= 11 is 1.53. The Morgan fingerprint density at radius 2 is 1.32 bits per heavy atom. The predicted octanol–water partition coefficient (Wildman–Crippen LogP) is 6.03. The average molecular weight is 577 g/mol. The van der Waals surface area contributed by atoms with Crippen molar-refractivity contribution < 1.29 is 23.9 Å². The molecule has 3 aromatic rings. The standard InChI is InChI=1S/C33H40N2O5S/c1-23-6-10-26(11-7-23)19-34-30(36)18-25-14-16-27(17-15-25)20-39-31(37)29(35-32(38)40-33(3,4)5)22-41-21-28-12-8-24(2)9-13-28/h6-17,29H,18-22H2,1-5H3,(H,34,36)(H,35,38)/t29-/m0/s1. The summed E-state index contributed by atoms with van der Waals surface area (Å²) in [6.07, 6.45) is -0.410. The molecule has 0 saturated heterocycles. The minimum absolute atomic E-state index is 0.0495. The van der Waals surface area contributed by atoms with Crippen LogP contribution in [0.2, 0.25) is 0 Å². The summed E-state index contributed by atoms with van der Waals surface area (Å²) in [6.45, 7) is 9.89. The number of hydrogen-bond acceptors (Lipinski definition) is 6. The molecule has 0 aliphatic rings. The van der Waals surface area contributed by atoms with E-state index in [9.17, 15) is 14.4 Å². The first-order chi connectivity index (χ1) is 19.5. The van der Waals surface area contributed by atoms with Crippen molar-refractivity contribution in [3.63, 3.8) is 0 Å². The molecule has 0 saturated carbocycles. The minimum Gasteiger partial charge on any atom is -0.459 e. The lowest BCUT2D eigenvalue weighted by molar-refractivity contribution is -0.146. The molecule has 0 heterocycles. The highest BCUT2D eigenvalue weighted by molar-refractivity contribution is 7.98. The highest BCUT2D eigenvalue weighted by Gasteiger charge is 2.25. The maximum atomic E-state index is 13.0. The van der Waals surface area contributed by atoms with Gasteiger partial charge in [-0.2, -0.15) is 11.8 Å². The number of hydrogen-bond donors (Lipinski definition) is 2. The molecule has 7 nitrogen and oxygen atoms in total. The van der Waals surface area contributed by atoms with Gasteiger partial charge in [-0.05, 0) is 56.9 Å². The maximum Gasteiger partial charge on any atom is 0.408 e. The van der Waals surface area contributed by atoms with Gasteiger partial charge in [0, 0.05) is 18.1 Å². The Kier molecular flexibility index (Phi) is 11.8. The van der Waals surface area contributed by atoms with E-state index in [4.69, 9.17) is 9.47 Å². The Morgan fingerprint density at radius 3 is 1.90 bits per heavy atom. The van der Waals surface area contributed by atoms with E-state index in [1.54, 1.807) is 20.8 Å². The molecule has 0 fully saturated rings. The molecule has 0 spiro atoms. The molecule has 3 rings (SSSR count). The van der Waals surface area contributed by atoms with E-state index in [0.717, 1.165) is 22.3 Å². The number of thioether (sulfide) groups is 1. The first-order valence-corrected chi connectivity index (χ1v) is 14.8. The number of rotatable bonds is 12. The highest BCUT2D eigenvalue weighted by Crippen LogP contribution is 2.16. The molecule has 0 aromatic heterocycles. The summed E-state index contributed by atoms with van der Waals surface area (Å²) in [4.78, 5) is 37.7. The molecule has 0 aliphatic heterocycles. The summed E-state index contributed by atoms with van der Waals surface area (Å²) in [5.41, 5.74) is 5.50. The second-order valence-corrected chi connectivity index (χ2v) is 12.1. The van der Waals surface area contributed by atoms with Crippen LogP contribution in [0.1, 0.15) is 54.2 Å². The molecule has 2 N–H and O–H groups in total. The molecular formula is C33H40N2O5S. The molecule has 1 atom stereocenters. The van der Waals surface area contributed by atoms with Gasteiger partial charge in [0.05, 0.1) is 6.42 Å². The average Bonchev–Trinajstić information content (AvgIpc) is 2.91. The van der Waals surface area contributed by atoms with Gasteiger partial charge in [-0.15, -0.1) is 0 Å². The number of nitrogens with one attached hydrogen (secondary N) is 2. The Hall–Kier alpha value is -3.78. The Balaban J connectivity index is 1.50. The van der Waals surface area contributed by atoms with Crippen molar-refractivity contribution in [1.29, 1.82) is 0 Å². The van der Waals surface area contributed by atoms with Crippen LogP contribution in [0.25, 0.3) is 0 Å². The zero-order valence-electron chi connectivity index (χ0n) is 24.5. The van der Waals surface area contributed by atoms with Crippen LogP contribution in [0, 0.1) is 13.8 Å². The number of carbonyl (C=O) groups excluding carboxylic acids is 3. The van der Waals surface area contributed by atoms with Crippen LogP contribution in [-0.4, -0.2) is 35.4 Å². The summed E-state index contributed by atoms with van der Waals surface area (Å²) < 4.78 is 10.9. The molecule has 0 unspecified atom stereocenters. The summed E-state index contributed by atoms with van der Waals surface area (Å²) in [7, 11) is 0. The fourth-order valence-corrected chi connectivity index (χ4v) is 4.76. The topological polar surface area (TPSA) is 93.7 Å². The zero-order valence-corrected chi connectivity index (χ0v) is 25.3. The number of amides is 2. The van der Waals surface area contributed by atoms with E-state index in [2.05, 4.69) is 10.6 Å². The first kappa shape index (κ1) is 31.7. The van der Waals surface area contributed by atoms with Crippen LogP contribution >= 0.6 is 11.8 Å². The molecule has 8 heteroatoms.